The lowest BCUT2D eigenvalue weighted by Gasteiger charge is -2.35. The average Bonchev–Trinajstić information content (AvgIpc) is 2.62. The van der Waals surface area contributed by atoms with Crippen molar-refractivity contribution in [3.63, 3.8) is 0 Å². The maximum absolute atomic E-state index is 13.0. The fraction of sp³-hybridized carbons (Fsp3) is 0.294. The highest BCUT2D eigenvalue weighted by molar-refractivity contribution is 7.89. The number of piperazine rings is 1. The standard InChI is InChI=1S/C17H16F4N2O2S/c18-14-4-6-16(7-5-14)26(24,25)23-10-8-22(9-11-23)15-3-1-2-13(12-15)17(19,20)21/h1-7,12H,8-11H2. The summed E-state index contributed by atoms with van der Waals surface area (Å²) in [6, 6.07) is 9.51. The predicted molar refractivity (Wildman–Crippen MR) is 88.8 cm³/mol. The molecule has 0 saturated carbocycles. The zero-order valence-corrected chi connectivity index (χ0v) is 14.4. The Balaban J connectivity index is 1.72. The molecule has 0 radical (unpaired) electrons. The number of sulfonamides is 1. The summed E-state index contributed by atoms with van der Waals surface area (Å²) in [4.78, 5) is 1.71. The second-order valence-electron chi connectivity index (χ2n) is 5.89. The number of anilines is 1. The van der Waals surface area contributed by atoms with E-state index in [-0.39, 0.29) is 31.1 Å². The van der Waals surface area contributed by atoms with E-state index in [4.69, 9.17) is 0 Å². The molecule has 1 saturated heterocycles. The van der Waals surface area contributed by atoms with Gasteiger partial charge in [0.1, 0.15) is 5.82 Å². The number of alkyl halides is 3. The van der Waals surface area contributed by atoms with Crippen LogP contribution in [0.4, 0.5) is 23.2 Å². The van der Waals surface area contributed by atoms with Crippen molar-refractivity contribution in [2.45, 2.75) is 11.1 Å². The highest BCUT2D eigenvalue weighted by Gasteiger charge is 2.32. The molecule has 0 unspecified atom stereocenters. The Labute approximate surface area is 148 Å². The fourth-order valence-electron chi connectivity index (χ4n) is 2.82. The van der Waals surface area contributed by atoms with E-state index in [1.54, 1.807) is 11.0 Å². The first-order chi connectivity index (χ1) is 12.2. The average molecular weight is 388 g/mol. The Bertz CT molecular complexity index is 874. The van der Waals surface area contributed by atoms with Gasteiger partial charge < -0.3 is 4.90 Å². The van der Waals surface area contributed by atoms with Crippen molar-refractivity contribution in [1.82, 2.24) is 4.31 Å². The summed E-state index contributed by atoms with van der Waals surface area (Å²) in [6.07, 6.45) is -4.43. The van der Waals surface area contributed by atoms with Gasteiger partial charge in [-0.2, -0.15) is 17.5 Å². The first-order valence-electron chi connectivity index (χ1n) is 7.86. The number of benzene rings is 2. The van der Waals surface area contributed by atoms with E-state index in [2.05, 4.69) is 0 Å². The highest BCUT2D eigenvalue weighted by atomic mass is 32.2. The number of halogens is 4. The minimum atomic E-state index is -4.43. The summed E-state index contributed by atoms with van der Waals surface area (Å²) >= 11 is 0. The Morgan fingerprint density at radius 3 is 2.08 bits per heavy atom. The van der Waals surface area contributed by atoms with Crippen molar-refractivity contribution in [3.05, 3.63) is 59.9 Å². The number of hydrogen-bond acceptors (Lipinski definition) is 3. The molecule has 2 aromatic rings. The summed E-state index contributed by atoms with van der Waals surface area (Å²) < 4.78 is 77.9. The van der Waals surface area contributed by atoms with E-state index in [1.807, 2.05) is 0 Å². The molecule has 0 atom stereocenters. The van der Waals surface area contributed by atoms with Gasteiger partial charge in [-0.05, 0) is 42.5 Å². The topological polar surface area (TPSA) is 40.6 Å². The van der Waals surface area contributed by atoms with Crippen LogP contribution >= 0.6 is 0 Å². The third-order valence-corrected chi connectivity index (χ3v) is 6.14. The zero-order chi connectivity index (χ0) is 18.9. The predicted octanol–water partition coefficient (Wildman–Crippen LogP) is 3.36. The van der Waals surface area contributed by atoms with Gasteiger partial charge in [-0.25, -0.2) is 12.8 Å². The van der Waals surface area contributed by atoms with Gasteiger partial charge in [0.2, 0.25) is 10.0 Å². The maximum atomic E-state index is 13.0. The van der Waals surface area contributed by atoms with Crippen LogP contribution in [0.5, 0.6) is 0 Å². The molecule has 9 heteroatoms. The SMILES string of the molecule is O=S(=O)(c1ccc(F)cc1)N1CCN(c2cccc(C(F)(F)F)c2)CC1. The number of hydrogen-bond donors (Lipinski definition) is 0. The minimum absolute atomic E-state index is 0.00795. The molecule has 1 aliphatic heterocycles. The smallest absolute Gasteiger partial charge is 0.369 e. The zero-order valence-electron chi connectivity index (χ0n) is 13.6. The maximum Gasteiger partial charge on any atom is 0.416 e. The molecule has 3 rings (SSSR count). The number of nitrogens with zero attached hydrogens (tertiary/aromatic N) is 2. The van der Waals surface area contributed by atoms with Gasteiger partial charge in [0.25, 0.3) is 0 Å². The molecule has 2 aromatic carbocycles. The van der Waals surface area contributed by atoms with Crippen LogP contribution in [0.1, 0.15) is 5.56 Å². The van der Waals surface area contributed by atoms with E-state index < -0.39 is 27.6 Å². The third kappa shape index (κ3) is 3.83. The molecule has 1 heterocycles. The van der Waals surface area contributed by atoms with Crippen molar-refractivity contribution in [1.29, 1.82) is 0 Å². The molecule has 1 fully saturated rings. The normalized spacial score (nSPS) is 16.7. The summed E-state index contributed by atoms with van der Waals surface area (Å²) in [5, 5.41) is 0. The molecule has 140 valence electrons. The Morgan fingerprint density at radius 2 is 1.50 bits per heavy atom. The van der Waals surface area contributed by atoms with Gasteiger partial charge in [0.15, 0.2) is 0 Å². The molecule has 0 aliphatic carbocycles. The molecule has 0 bridgehead atoms. The van der Waals surface area contributed by atoms with E-state index in [0.29, 0.717) is 5.69 Å². The lowest BCUT2D eigenvalue weighted by molar-refractivity contribution is -0.137. The van der Waals surface area contributed by atoms with Gasteiger partial charge in [-0.1, -0.05) is 6.07 Å². The second-order valence-corrected chi connectivity index (χ2v) is 7.83. The van der Waals surface area contributed by atoms with Crippen LogP contribution < -0.4 is 4.90 Å². The second kappa shape index (κ2) is 6.88. The highest BCUT2D eigenvalue weighted by Crippen LogP contribution is 2.32. The molecule has 26 heavy (non-hydrogen) atoms. The van der Waals surface area contributed by atoms with E-state index >= 15 is 0 Å². The van der Waals surface area contributed by atoms with Crippen LogP contribution in [-0.4, -0.2) is 38.9 Å². The summed E-state index contributed by atoms with van der Waals surface area (Å²) in [6.45, 7) is 0.801. The minimum Gasteiger partial charge on any atom is -0.369 e. The summed E-state index contributed by atoms with van der Waals surface area (Å²) in [7, 11) is -3.76. The van der Waals surface area contributed by atoms with Crippen molar-refractivity contribution in [3.8, 4) is 0 Å². The molecular weight excluding hydrogens is 372 g/mol. The van der Waals surface area contributed by atoms with E-state index in [1.165, 1.54) is 22.5 Å². The Morgan fingerprint density at radius 1 is 0.885 bits per heavy atom. The van der Waals surface area contributed by atoms with Gasteiger partial charge in [-0.3, -0.25) is 0 Å². The summed E-state index contributed by atoms with van der Waals surface area (Å²) in [5.41, 5.74) is -0.338. The molecule has 1 aliphatic rings. The van der Waals surface area contributed by atoms with E-state index in [0.717, 1.165) is 24.3 Å². The third-order valence-electron chi connectivity index (χ3n) is 4.23. The van der Waals surface area contributed by atoms with Crippen molar-refractivity contribution in [2.75, 3.05) is 31.1 Å². The van der Waals surface area contributed by atoms with Crippen LogP contribution in [0, 0.1) is 5.82 Å². The van der Waals surface area contributed by atoms with Crippen molar-refractivity contribution < 1.29 is 26.0 Å². The first-order valence-corrected chi connectivity index (χ1v) is 9.30. The van der Waals surface area contributed by atoms with Crippen LogP contribution in [0.3, 0.4) is 0 Å². The lowest BCUT2D eigenvalue weighted by Crippen LogP contribution is -2.48. The van der Waals surface area contributed by atoms with Gasteiger partial charge in [0.05, 0.1) is 10.5 Å². The van der Waals surface area contributed by atoms with E-state index in [9.17, 15) is 26.0 Å². The van der Waals surface area contributed by atoms with Crippen molar-refractivity contribution >= 4 is 15.7 Å². The summed E-state index contributed by atoms with van der Waals surface area (Å²) in [5.74, 6) is -0.529. The molecule has 4 nitrogen and oxygen atoms in total. The number of rotatable bonds is 3. The van der Waals surface area contributed by atoms with Gasteiger partial charge in [0, 0.05) is 31.9 Å². The van der Waals surface area contributed by atoms with Crippen molar-refractivity contribution in [2.24, 2.45) is 0 Å². The Kier molecular flexibility index (Phi) is 4.94. The lowest BCUT2D eigenvalue weighted by atomic mass is 10.1. The first kappa shape index (κ1) is 18.7. The van der Waals surface area contributed by atoms with Gasteiger partial charge >= 0.3 is 6.18 Å². The molecule has 0 aromatic heterocycles. The van der Waals surface area contributed by atoms with Gasteiger partial charge in [-0.15, -0.1) is 0 Å². The fourth-order valence-corrected chi connectivity index (χ4v) is 4.24. The molecular formula is C17H16F4N2O2S. The van der Waals surface area contributed by atoms with Crippen LogP contribution in [0.25, 0.3) is 0 Å². The van der Waals surface area contributed by atoms with Crippen LogP contribution in [0.2, 0.25) is 0 Å². The van der Waals surface area contributed by atoms with Crippen LogP contribution in [0.15, 0.2) is 53.4 Å². The van der Waals surface area contributed by atoms with Crippen LogP contribution in [-0.2, 0) is 16.2 Å². The molecule has 0 spiro atoms. The monoisotopic (exact) mass is 388 g/mol. The Hall–Kier alpha value is -2.13. The quantitative estimate of drug-likeness (QED) is 0.758. The molecule has 0 amide bonds. The largest absolute Gasteiger partial charge is 0.416 e. The molecule has 0 N–H and O–H groups in total.